The first-order valence-electron chi connectivity index (χ1n) is 8.22. The Balaban J connectivity index is 1.54. The van der Waals surface area contributed by atoms with E-state index >= 15 is 0 Å². The highest BCUT2D eigenvalue weighted by atomic mass is 16.7. The number of aryl methyl sites for hydroxylation is 1. The molecule has 2 amide bonds. The van der Waals surface area contributed by atoms with Gasteiger partial charge in [0, 0.05) is 18.5 Å². The number of hydrogen-bond acceptors (Lipinski definition) is 4. The summed E-state index contributed by atoms with van der Waals surface area (Å²) in [6, 6.07) is 12.6. The molecule has 0 aliphatic carbocycles. The number of para-hydroxylation sites is 2. The van der Waals surface area contributed by atoms with E-state index < -0.39 is 11.9 Å². The van der Waals surface area contributed by atoms with Gasteiger partial charge in [-0.2, -0.15) is 0 Å². The number of ether oxygens (including phenoxy) is 2. The van der Waals surface area contributed by atoms with Crippen molar-refractivity contribution in [2.45, 2.75) is 25.3 Å². The Morgan fingerprint density at radius 1 is 1.12 bits per heavy atom. The fourth-order valence-electron chi connectivity index (χ4n) is 3.47. The van der Waals surface area contributed by atoms with Crippen LogP contribution in [-0.2, 0) is 22.4 Å². The number of amides is 2. The molecular weight excluding hydrogens is 320 g/mol. The predicted molar refractivity (Wildman–Crippen MR) is 91.5 cm³/mol. The molecule has 6 heteroatoms. The van der Waals surface area contributed by atoms with Crippen molar-refractivity contribution in [3.63, 3.8) is 0 Å². The van der Waals surface area contributed by atoms with Gasteiger partial charge in [-0.25, -0.2) is 0 Å². The quantitative estimate of drug-likeness (QED) is 0.921. The van der Waals surface area contributed by atoms with Crippen molar-refractivity contribution in [1.82, 2.24) is 0 Å². The summed E-state index contributed by atoms with van der Waals surface area (Å²) in [4.78, 5) is 26.2. The minimum Gasteiger partial charge on any atom is -0.454 e. The van der Waals surface area contributed by atoms with E-state index in [1.807, 2.05) is 42.5 Å². The van der Waals surface area contributed by atoms with Gasteiger partial charge in [0.1, 0.15) is 6.04 Å². The lowest BCUT2D eigenvalue weighted by atomic mass is 10.1. The van der Waals surface area contributed by atoms with Crippen molar-refractivity contribution in [1.29, 1.82) is 0 Å². The molecule has 4 rings (SSSR count). The number of rotatable bonds is 4. The van der Waals surface area contributed by atoms with E-state index in [0.29, 0.717) is 24.3 Å². The van der Waals surface area contributed by atoms with Crippen LogP contribution in [0.4, 0.5) is 5.69 Å². The highest BCUT2D eigenvalue weighted by Crippen LogP contribution is 2.37. The maximum atomic E-state index is 12.8. The summed E-state index contributed by atoms with van der Waals surface area (Å²) < 4.78 is 10.8. The van der Waals surface area contributed by atoms with Crippen molar-refractivity contribution in [3.8, 4) is 11.5 Å². The zero-order valence-electron chi connectivity index (χ0n) is 13.6. The van der Waals surface area contributed by atoms with E-state index in [0.717, 1.165) is 16.8 Å². The molecular formula is C19H18N2O4. The number of carbonyl (C=O) groups is 2. The van der Waals surface area contributed by atoms with Gasteiger partial charge in [0.15, 0.2) is 11.5 Å². The van der Waals surface area contributed by atoms with E-state index in [-0.39, 0.29) is 19.1 Å². The number of hydrogen-bond donors (Lipinski definition) is 1. The fourth-order valence-corrected chi connectivity index (χ4v) is 3.47. The predicted octanol–water partition coefficient (Wildman–Crippen LogP) is 1.79. The second-order valence-corrected chi connectivity index (χ2v) is 6.17. The smallest absolute Gasteiger partial charge is 0.240 e. The third-order valence-corrected chi connectivity index (χ3v) is 4.66. The standard InChI is InChI=1S/C19H18N2O4/c20-19(23)15-10-13-4-1-2-6-14(13)21(15)17(22)9-8-12-5-3-7-16-18(12)25-11-24-16/h1-7,15H,8-11H2,(H2,20,23)/t15-/m0/s1. The topological polar surface area (TPSA) is 81.9 Å². The summed E-state index contributed by atoms with van der Waals surface area (Å²) in [5, 5.41) is 0. The van der Waals surface area contributed by atoms with Crippen LogP contribution in [0.25, 0.3) is 0 Å². The summed E-state index contributed by atoms with van der Waals surface area (Å²) >= 11 is 0. The number of nitrogens with two attached hydrogens (primary N) is 1. The molecule has 2 heterocycles. The highest BCUT2D eigenvalue weighted by Gasteiger charge is 2.36. The van der Waals surface area contributed by atoms with Crippen LogP contribution in [0, 0.1) is 0 Å². The van der Waals surface area contributed by atoms with Crippen LogP contribution in [0.15, 0.2) is 42.5 Å². The van der Waals surface area contributed by atoms with Crippen molar-refractivity contribution >= 4 is 17.5 Å². The molecule has 2 aliphatic rings. The Morgan fingerprint density at radius 3 is 2.80 bits per heavy atom. The van der Waals surface area contributed by atoms with Gasteiger partial charge in [-0.1, -0.05) is 30.3 Å². The molecule has 0 saturated carbocycles. The average Bonchev–Trinajstić information content (AvgIpc) is 3.24. The Kier molecular flexibility index (Phi) is 3.80. The SMILES string of the molecule is NC(=O)[C@@H]1Cc2ccccc2N1C(=O)CCc1cccc2c1OCO2. The summed E-state index contributed by atoms with van der Waals surface area (Å²) in [6.45, 7) is 0.198. The number of carbonyl (C=O) groups excluding carboxylic acids is 2. The second-order valence-electron chi connectivity index (χ2n) is 6.17. The van der Waals surface area contributed by atoms with Crippen LogP contribution in [-0.4, -0.2) is 24.6 Å². The van der Waals surface area contributed by atoms with Gasteiger partial charge < -0.3 is 15.2 Å². The first-order chi connectivity index (χ1) is 12.1. The van der Waals surface area contributed by atoms with Gasteiger partial charge in [-0.3, -0.25) is 14.5 Å². The van der Waals surface area contributed by atoms with Crippen molar-refractivity contribution in [2.24, 2.45) is 5.73 Å². The summed E-state index contributed by atoms with van der Waals surface area (Å²) in [7, 11) is 0. The third kappa shape index (κ3) is 2.69. The zero-order chi connectivity index (χ0) is 17.4. The van der Waals surface area contributed by atoms with E-state index in [1.54, 1.807) is 0 Å². The molecule has 2 aliphatic heterocycles. The molecule has 0 fully saturated rings. The van der Waals surface area contributed by atoms with E-state index in [1.165, 1.54) is 4.90 Å². The average molecular weight is 338 g/mol. The maximum Gasteiger partial charge on any atom is 0.240 e. The van der Waals surface area contributed by atoms with E-state index in [2.05, 4.69) is 0 Å². The van der Waals surface area contributed by atoms with Crippen LogP contribution in [0.3, 0.4) is 0 Å². The Bertz CT molecular complexity index is 849. The van der Waals surface area contributed by atoms with Crippen molar-refractivity contribution < 1.29 is 19.1 Å². The van der Waals surface area contributed by atoms with E-state index in [4.69, 9.17) is 15.2 Å². The van der Waals surface area contributed by atoms with Crippen LogP contribution in [0.1, 0.15) is 17.5 Å². The van der Waals surface area contributed by atoms with Crippen LogP contribution in [0.2, 0.25) is 0 Å². The number of nitrogens with zero attached hydrogens (tertiary/aromatic N) is 1. The molecule has 1 atom stereocenters. The largest absolute Gasteiger partial charge is 0.454 e. The molecule has 128 valence electrons. The zero-order valence-corrected chi connectivity index (χ0v) is 13.6. The van der Waals surface area contributed by atoms with Crippen LogP contribution >= 0.6 is 0 Å². The molecule has 6 nitrogen and oxygen atoms in total. The highest BCUT2D eigenvalue weighted by molar-refractivity contribution is 6.03. The van der Waals surface area contributed by atoms with Gasteiger partial charge in [0.05, 0.1) is 0 Å². The summed E-state index contributed by atoms with van der Waals surface area (Å²) in [5.74, 6) is 0.794. The lowest BCUT2D eigenvalue weighted by Gasteiger charge is -2.23. The van der Waals surface area contributed by atoms with Crippen LogP contribution < -0.4 is 20.1 Å². The molecule has 25 heavy (non-hydrogen) atoms. The molecule has 2 aromatic rings. The van der Waals surface area contributed by atoms with E-state index in [9.17, 15) is 9.59 Å². The third-order valence-electron chi connectivity index (χ3n) is 4.66. The van der Waals surface area contributed by atoms with Crippen LogP contribution in [0.5, 0.6) is 11.5 Å². The first kappa shape index (κ1) is 15.5. The number of fused-ring (bicyclic) bond motifs is 2. The van der Waals surface area contributed by atoms with Gasteiger partial charge in [-0.05, 0) is 29.7 Å². The summed E-state index contributed by atoms with van der Waals surface area (Å²) in [6.07, 6.45) is 1.24. The molecule has 0 unspecified atom stereocenters. The Hall–Kier alpha value is -3.02. The number of primary amides is 1. The molecule has 2 aromatic carbocycles. The van der Waals surface area contributed by atoms with Gasteiger partial charge in [-0.15, -0.1) is 0 Å². The Morgan fingerprint density at radius 2 is 1.96 bits per heavy atom. The fraction of sp³-hybridized carbons (Fsp3) is 0.263. The molecule has 0 bridgehead atoms. The number of benzene rings is 2. The van der Waals surface area contributed by atoms with Gasteiger partial charge in [0.2, 0.25) is 18.6 Å². The first-order valence-corrected chi connectivity index (χ1v) is 8.22. The minimum atomic E-state index is -0.619. The van der Waals surface area contributed by atoms with Crippen molar-refractivity contribution in [3.05, 3.63) is 53.6 Å². The normalized spacial score (nSPS) is 17.4. The van der Waals surface area contributed by atoms with Crippen molar-refractivity contribution in [2.75, 3.05) is 11.7 Å². The minimum absolute atomic E-state index is 0.120. The molecule has 0 aromatic heterocycles. The Labute approximate surface area is 145 Å². The lowest BCUT2D eigenvalue weighted by molar-refractivity contribution is -0.124. The van der Waals surface area contributed by atoms with Gasteiger partial charge >= 0.3 is 0 Å². The maximum absolute atomic E-state index is 12.8. The molecule has 0 radical (unpaired) electrons. The monoisotopic (exact) mass is 338 g/mol. The molecule has 0 saturated heterocycles. The second kappa shape index (κ2) is 6.12. The molecule has 2 N–H and O–H groups in total. The number of anilines is 1. The molecule has 0 spiro atoms. The summed E-state index contributed by atoms with van der Waals surface area (Å²) in [5.41, 5.74) is 8.18. The van der Waals surface area contributed by atoms with Gasteiger partial charge in [0.25, 0.3) is 0 Å². The lowest BCUT2D eigenvalue weighted by Crippen LogP contribution is -2.46.